The molecule has 0 bridgehead atoms. The van der Waals surface area contributed by atoms with Crippen LogP contribution in [0.5, 0.6) is 17.2 Å². The van der Waals surface area contributed by atoms with Gasteiger partial charge in [0.2, 0.25) is 0 Å². The third kappa shape index (κ3) is 3.52. The van der Waals surface area contributed by atoms with E-state index in [-0.39, 0.29) is 11.7 Å². The van der Waals surface area contributed by atoms with Gasteiger partial charge in [-0.2, -0.15) is 0 Å². The second-order valence-electron chi connectivity index (χ2n) is 5.47. The topological polar surface area (TPSA) is 71.4 Å². The van der Waals surface area contributed by atoms with E-state index in [4.69, 9.17) is 9.47 Å². The number of hydrogen-bond acceptors (Lipinski definition) is 6. The maximum Gasteiger partial charge on any atom is 0.266 e. The van der Waals surface area contributed by atoms with Crippen molar-refractivity contribution in [3.8, 4) is 17.2 Å². The summed E-state index contributed by atoms with van der Waals surface area (Å²) in [5.41, 5.74) is 1.41. The number of ether oxygens (including phenoxy) is 2. The molecular weight excluding hydrogens is 352 g/mol. The molecule has 0 saturated carbocycles. The summed E-state index contributed by atoms with van der Waals surface area (Å²) in [5.74, 6) is 1.20. The molecular formula is C19H18N2O4S. The molecule has 1 aliphatic heterocycles. The fraction of sp³-hybridized carbons (Fsp3) is 0.158. The summed E-state index contributed by atoms with van der Waals surface area (Å²) in [6, 6.07) is 12.0. The molecule has 1 fully saturated rings. The van der Waals surface area contributed by atoms with Gasteiger partial charge in [0.05, 0.1) is 24.8 Å². The summed E-state index contributed by atoms with van der Waals surface area (Å²) in [6.45, 7) is 0. The van der Waals surface area contributed by atoms with Gasteiger partial charge in [0.25, 0.3) is 5.91 Å². The van der Waals surface area contributed by atoms with Crippen molar-refractivity contribution < 1.29 is 19.4 Å². The van der Waals surface area contributed by atoms with Crippen LogP contribution in [0.2, 0.25) is 0 Å². The van der Waals surface area contributed by atoms with E-state index in [2.05, 4.69) is 4.99 Å². The van der Waals surface area contributed by atoms with Gasteiger partial charge in [0, 0.05) is 12.6 Å². The van der Waals surface area contributed by atoms with E-state index in [9.17, 15) is 9.90 Å². The highest BCUT2D eigenvalue weighted by molar-refractivity contribution is 8.18. The average Bonchev–Trinajstić information content (AvgIpc) is 2.91. The first-order valence-corrected chi connectivity index (χ1v) is 8.61. The molecule has 6 nitrogen and oxygen atoms in total. The molecule has 0 spiro atoms. The van der Waals surface area contributed by atoms with Crippen molar-refractivity contribution in [2.24, 2.45) is 4.99 Å². The van der Waals surface area contributed by atoms with Crippen LogP contribution < -0.4 is 9.47 Å². The Bertz CT molecular complexity index is 891. The molecule has 1 N–H and O–H groups in total. The number of phenols is 1. The lowest BCUT2D eigenvalue weighted by Crippen LogP contribution is -2.23. The first-order chi connectivity index (χ1) is 12.5. The lowest BCUT2D eigenvalue weighted by atomic mass is 10.1. The number of rotatable bonds is 4. The lowest BCUT2D eigenvalue weighted by molar-refractivity contribution is -0.121. The summed E-state index contributed by atoms with van der Waals surface area (Å²) in [5, 5.41) is 9.92. The first kappa shape index (κ1) is 17.9. The number of amides is 1. The molecule has 7 heteroatoms. The first-order valence-electron chi connectivity index (χ1n) is 7.80. The van der Waals surface area contributed by atoms with Gasteiger partial charge in [0.1, 0.15) is 5.75 Å². The van der Waals surface area contributed by atoms with E-state index in [1.807, 2.05) is 12.1 Å². The molecule has 26 heavy (non-hydrogen) atoms. The van der Waals surface area contributed by atoms with Gasteiger partial charge in [-0.3, -0.25) is 9.69 Å². The van der Waals surface area contributed by atoms with Crippen LogP contribution >= 0.6 is 11.8 Å². The third-order valence-corrected chi connectivity index (χ3v) is 4.86. The molecule has 3 rings (SSSR count). The van der Waals surface area contributed by atoms with Crippen LogP contribution in [-0.4, -0.2) is 42.3 Å². The maximum atomic E-state index is 12.6. The van der Waals surface area contributed by atoms with Gasteiger partial charge < -0.3 is 14.6 Å². The molecule has 134 valence electrons. The Balaban J connectivity index is 1.94. The molecule has 1 amide bonds. The number of nitrogens with zero attached hydrogens (tertiary/aromatic N) is 2. The van der Waals surface area contributed by atoms with Gasteiger partial charge in [-0.25, -0.2) is 4.99 Å². The van der Waals surface area contributed by atoms with Gasteiger partial charge in [-0.15, -0.1) is 0 Å². The number of thioether (sulfide) groups is 1. The SMILES string of the molecule is COc1cccc(/C=C2\SC(=Nc3ccc(O)cc3)N(C)C2=O)c1OC. The van der Waals surface area contributed by atoms with Gasteiger partial charge in [-0.1, -0.05) is 12.1 Å². The van der Waals surface area contributed by atoms with E-state index in [0.717, 1.165) is 5.56 Å². The van der Waals surface area contributed by atoms with Crippen LogP contribution in [0.1, 0.15) is 5.56 Å². The van der Waals surface area contributed by atoms with Gasteiger partial charge in [-0.05, 0) is 48.2 Å². The highest BCUT2D eigenvalue weighted by atomic mass is 32.2. The Labute approximate surface area is 155 Å². The number of para-hydroxylation sites is 1. The molecule has 0 radical (unpaired) electrons. The minimum Gasteiger partial charge on any atom is -0.508 e. The number of aliphatic imine (C=N–C) groups is 1. The van der Waals surface area contributed by atoms with Crippen molar-refractivity contribution >= 4 is 34.6 Å². The molecule has 0 aromatic heterocycles. The quantitative estimate of drug-likeness (QED) is 0.832. The Morgan fingerprint density at radius 1 is 1.12 bits per heavy atom. The predicted octanol–water partition coefficient (Wildman–Crippen LogP) is 3.64. The minimum atomic E-state index is -0.141. The summed E-state index contributed by atoms with van der Waals surface area (Å²) in [6.07, 6.45) is 1.77. The zero-order valence-electron chi connectivity index (χ0n) is 14.6. The smallest absolute Gasteiger partial charge is 0.266 e. The molecule has 0 unspecified atom stereocenters. The van der Waals surface area contributed by atoms with Crippen LogP contribution in [-0.2, 0) is 4.79 Å². The number of carbonyl (C=O) groups excluding carboxylic acids is 1. The van der Waals surface area contributed by atoms with E-state index >= 15 is 0 Å². The monoisotopic (exact) mass is 370 g/mol. The summed E-state index contributed by atoms with van der Waals surface area (Å²) in [7, 11) is 4.81. The number of phenolic OH excluding ortho intramolecular Hbond substituents is 1. The van der Waals surface area contributed by atoms with Crippen molar-refractivity contribution in [3.63, 3.8) is 0 Å². The van der Waals surface area contributed by atoms with E-state index < -0.39 is 0 Å². The normalized spacial score (nSPS) is 17.2. The molecule has 2 aromatic carbocycles. The molecule has 1 heterocycles. The number of aromatic hydroxyl groups is 1. The average molecular weight is 370 g/mol. The molecule has 2 aromatic rings. The van der Waals surface area contributed by atoms with Crippen LogP contribution in [0, 0.1) is 0 Å². The molecule has 1 saturated heterocycles. The standard InChI is InChI=1S/C19H18N2O4S/c1-21-18(23)16(11-12-5-4-6-15(24-2)17(12)25-3)26-19(21)20-13-7-9-14(22)10-8-13/h4-11,22H,1-3H3/b16-11-,20-19?. The zero-order valence-corrected chi connectivity index (χ0v) is 15.4. The maximum absolute atomic E-state index is 12.6. The third-order valence-electron chi connectivity index (χ3n) is 3.80. The molecule has 1 aliphatic rings. The Morgan fingerprint density at radius 2 is 1.85 bits per heavy atom. The van der Waals surface area contributed by atoms with E-state index in [1.165, 1.54) is 16.7 Å². The van der Waals surface area contributed by atoms with Crippen LogP contribution in [0.3, 0.4) is 0 Å². The Hall–Kier alpha value is -2.93. The summed E-state index contributed by atoms with van der Waals surface area (Å²) in [4.78, 5) is 19.1. The van der Waals surface area contributed by atoms with Crippen molar-refractivity contribution in [2.45, 2.75) is 0 Å². The van der Waals surface area contributed by atoms with Crippen LogP contribution in [0.4, 0.5) is 5.69 Å². The largest absolute Gasteiger partial charge is 0.508 e. The summed E-state index contributed by atoms with van der Waals surface area (Å²) < 4.78 is 10.7. The fourth-order valence-electron chi connectivity index (χ4n) is 2.46. The van der Waals surface area contributed by atoms with Crippen molar-refractivity contribution in [3.05, 3.63) is 52.9 Å². The van der Waals surface area contributed by atoms with Crippen molar-refractivity contribution in [1.29, 1.82) is 0 Å². The fourth-order valence-corrected chi connectivity index (χ4v) is 3.43. The number of methoxy groups -OCH3 is 2. The van der Waals surface area contributed by atoms with Crippen molar-refractivity contribution in [1.82, 2.24) is 4.90 Å². The van der Waals surface area contributed by atoms with E-state index in [0.29, 0.717) is 27.3 Å². The van der Waals surface area contributed by atoms with E-state index in [1.54, 1.807) is 57.7 Å². The second-order valence-corrected chi connectivity index (χ2v) is 6.48. The van der Waals surface area contributed by atoms with Gasteiger partial charge in [0.15, 0.2) is 16.7 Å². The number of amidine groups is 1. The highest BCUT2D eigenvalue weighted by Crippen LogP contribution is 2.37. The number of carbonyl (C=O) groups is 1. The lowest BCUT2D eigenvalue weighted by Gasteiger charge is -2.10. The second kappa shape index (κ2) is 7.53. The minimum absolute atomic E-state index is 0.141. The number of hydrogen-bond donors (Lipinski definition) is 1. The summed E-state index contributed by atoms with van der Waals surface area (Å²) >= 11 is 1.28. The van der Waals surface area contributed by atoms with Crippen LogP contribution in [0.15, 0.2) is 52.4 Å². The Morgan fingerprint density at radius 3 is 2.50 bits per heavy atom. The predicted molar refractivity (Wildman–Crippen MR) is 103 cm³/mol. The Kier molecular flexibility index (Phi) is 5.18. The molecule has 0 atom stereocenters. The van der Waals surface area contributed by atoms with Crippen LogP contribution in [0.25, 0.3) is 6.08 Å². The van der Waals surface area contributed by atoms with Gasteiger partial charge >= 0.3 is 0 Å². The number of likely N-dealkylation sites (N-methyl/N-ethyl adjacent to an activating group) is 1. The highest BCUT2D eigenvalue weighted by Gasteiger charge is 2.30. The molecule has 0 aliphatic carbocycles. The zero-order chi connectivity index (χ0) is 18.7. The van der Waals surface area contributed by atoms with Crippen molar-refractivity contribution in [2.75, 3.05) is 21.3 Å². The number of benzene rings is 2.